The number of alkyl halides is 3. The van der Waals surface area contributed by atoms with E-state index in [1.54, 1.807) is 23.1 Å². The van der Waals surface area contributed by atoms with Gasteiger partial charge in [0, 0.05) is 25.2 Å². The largest absolute Gasteiger partial charge is 0.437 e. The number of amides is 2. The summed E-state index contributed by atoms with van der Waals surface area (Å²) in [4.78, 5) is 28.9. The van der Waals surface area contributed by atoms with Gasteiger partial charge < -0.3 is 14.5 Å². The Morgan fingerprint density at radius 1 is 1.16 bits per heavy atom. The summed E-state index contributed by atoms with van der Waals surface area (Å²) in [5.41, 5.74) is -0.446. The summed E-state index contributed by atoms with van der Waals surface area (Å²) in [6, 6.07) is 6.42. The third kappa shape index (κ3) is 4.09. The van der Waals surface area contributed by atoms with Gasteiger partial charge in [-0.25, -0.2) is 9.18 Å². The second-order valence-electron chi connectivity index (χ2n) is 8.11. The van der Waals surface area contributed by atoms with Gasteiger partial charge in [-0.1, -0.05) is 12.1 Å². The average molecular weight is 458 g/mol. The zero-order valence-corrected chi connectivity index (χ0v) is 17.7. The van der Waals surface area contributed by atoms with Crippen LogP contribution in [0.1, 0.15) is 42.3 Å². The van der Waals surface area contributed by atoms with Crippen molar-refractivity contribution in [3.63, 3.8) is 0 Å². The van der Waals surface area contributed by atoms with Gasteiger partial charge in [0.05, 0.1) is 9.58 Å². The van der Waals surface area contributed by atoms with Crippen LogP contribution < -0.4 is 0 Å². The van der Waals surface area contributed by atoms with Crippen LogP contribution in [0.5, 0.6) is 0 Å². The molecule has 2 aliphatic heterocycles. The van der Waals surface area contributed by atoms with Gasteiger partial charge in [0.2, 0.25) is 0 Å². The van der Waals surface area contributed by atoms with Crippen molar-refractivity contribution in [2.24, 2.45) is 0 Å². The Kier molecular flexibility index (Phi) is 5.61. The van der Waals surface area contributed by atoms with E-state index in [1.165, 1.54) is 11.0 Å². The van der Waals surface area contributed by atoms with E-state index in [0.717, 1.165) is 31.1 Å². The number of halogens is 4. The molecule has 1 aromatic carbocycles. The number of rotatable bonds is 2. The van der Waals surface area contributed by atoms with Gasteiger partial charge in [-0.15, -0.1) is 11.3 Å². The summed E-state index contributed by atoms with van der Waals surface area (Å²) in [6.07, 6.45) is -5.27. The molecule has 2 saturated heterocycles. The van der Waals surface area contributed by atoms with Gasteiger partial charge in [-0.05, 0) is 50.1 Å². The number of nitrogens with zero attached hydrogens (tertiary/aromatic N) is 2. The standard InChI is InChI=1S/C21H22F4N2O3S/c1-13(21(23,24)25)30-19(29)26-10-7-20(8-11-26)6-3-9-27(20)18(28)16-12-14-4-2-5-15(22)17(14)31-16/h2,4-5,12-13H,3,6-11H2,1H3. The number of piperidine rings is 1. The minimum Gasteiger partial charge on any atom is -0.437 e. The van der Waals surface area contributed by atoms with Crippen LogP contribution in [0, 0.1) is 5.82 Å². The molecule has 2 fully saturated rings. The maximum absolute atomic E-state index is 14.0. The summed E-state index contributed by atoms with van der Waals surface area (Å²) in [5.74, 6) is -0.530. The molecule has 10 heteroatoms. The van der Waals surface area contributed by atoms with Gasteiger partial charge in [-0.3, -0.25) is 4.79 Å². The van der Waals surface area contributed by atoms with E-state index in [1.807, 2.05) is 0 Å². The molecule has 0 saturated carbocycles. The second-order valence-corrected chi connectivity index (χ2v) is 9.16. The lowest BCUT2D eigenvalue weighted by Gasteiger charge is -2.44. The van der Waals surface area contributed by atoms with Crippen LogP contribution >= 0.6 is 11.3 Å². The van der Waals surface area contributed by atoms with Crippen LogP contribution in [0.2, 0.25) is 0 Å². The molecule has 2 amide bonds. The van der Waals surface area contributed by atoms with Gasteiger partial charge in [0.25, 0.3) is 5.91 Å². The third-order valence-corrected chi connectivity index (χ3v) is 7.39. The van der Waals surface area contributed by atoms with Crippen LogP contribution in [0.4, 0.5) is 22.4 Å². The Morgan fingerprint density at radius 2 is 1.87 bits per heavy atom. The first-order valence-corrected chi connectivity index (χ1v) is 10.9. The summed E-state index contributed by atoms with van der Waals surface area (Å²) < 4.78 is 57.0. The van der Waals surface area contributed by atoms with Crippen molar-refractivity contribution >= 4 is 33.4 Å². The molecule has 1 atom stereocenters. The van der Waals surface area contributed by atoms with Gasteiger partial charge >= 0.3 is 12.3 Å². The molecular weight excluding hydrogens is 436 g/mol. The van der Waals surface area contributed by atoms with Gasteiger partial charge in [-0.2, -0.15) is 13.2 Å². The number of thiophene rings is 1. The number of benzene rings is 1. The highest BCUT2D eigenvalue weighted by Crippen LogP contribution is 2.41. The fourth-order valence-electron chi connectivity index (χ4n) is 4.44. The van der Waals surface area contributed by atoms with E-state index in [4.69, 9.17) is 0 Å². The first-order chi connectivity index (χ1) is 14.6. The minimum absolute atomic E-state index is 0.167. The molecule has 4 rings (SSSR count). The molecule has 2 aromatic rings. The lowest BCUT2D eigenvalue weighted by Crippen LogP contribution is -2.55. The van der Waals surface area contributed by atoms with Crippen molar-refractivity contribution in [3.05, 3.63) is 35.0 Å². The predicted octanol–water partition coefficient (Wildman–Crippen LogP) is 5.20. The fourth-order valence-corrected chi connectivity index (χ4v) is 5.45. The van der Waals surface area contributed by atoms with Gasteiger partial charge in [0.1, 0.15) is 5.82 Å². The molecule has 3 heterocycles. The molecule has 0 N–H and O–H groups in total. The van der Waals surface area contributed by atoms with Crippen molar-refractivity contribution in [2.75, 3.05) is 19.6 Å². The van der Waals surface area contributed by atoms with Crippen LogP contribution in [0.15, 0.2) is 24.3 Å². The topological polar surface area (TPSA) is 49.9 Å². The normalized spacial score (nSPS) is 19.8. The Labute approximate surface area is 180 Å². The highest BCUT2D eigenvalue weighted by Gasteiger charge is 2.47. The molecular formula is C21H22F4N2O3S. The van der Waals surface area contributed by atoms with Crippen LogP contribution in [-0.4, -0.2) is 59.3 Å². The van der Waals surface area contributed by atoms with Crippen molar-refractivity contribution in [1.82, 2.24) is 9.80 Å². The number of likely N-dealkylation sites (tertiary alicyclic amines) is 2. The first kappa shape index (κ1) is 21.9. The smallest absolute Gasteiger partial charge is 0.425 e. The third-order valence-electron chi connectivity index (χ3n) is 6.24. The first-order valence-electron chi connectivity index (χ1n) is 10.1. The predicted molar refractivity (Wildman–Crippen MR) is 108 cm³/mol. The zero-order valence-electron chi connectivity index (χ0n) is 16.9. The summed E-state index contributed by atoms with van der Waals surface area (Å²) >= 11 is 1.12. The van der Waals surface area contributed by atoms with Crippen molar-refractivity contribution in [1.29, 1.82) is 0 Å². The number of ether oxygens (including phenoxy) is 1. The minimum atomic E-state index is -4.61. The summed E-state index contributed by atoms with van der Waals surface area (Å²) in [6.45, 7) is 1.79. The zero-order chi connectivity index (χ0) is 22.4. The molecule has 0 bridgehead atoms. The van der Waals surface area contributed by atoms with E-state index in [2.05, 4.69) is 4.74 Å². The summed E-state index contributed by atoms with van der Waals surface area (Å²) in [7, 11) is 0. The summed E-state index contributed by atoms with van der Waals surface area (Å²) in [5, 5.41) is 0.679. The van der Waals surface area contributed by atoms with Crippen LogP contribution in [0.25, 0.3) is 10.1 Å². The maximum atomic E-state index is 14.0. The van der Waals surface area contributed by atoms with Crippen molar-refractivity contribution < 1.29 is 31.9 Å². The van der Waals surface area contributed by atoms with Crippen LogP contribution in [0.3, 0.4) is 0 Å². The number of carbonyl (C=O) groups is 2. The van der Waals surface area contributed by atoms with Crippen molar-refractivity contribution in [3.8, 4) is 0 Å². The molecule has 0 radical (unpaired) electrons. The van der Waals surface area contributed by atoms with E-state index >= 15 is 0 Å². The lowest BCUT2D eigenvalue weighted by molar-refractivity contribution is -0.200. The van der Waals surface area contributed by atoms with E-state index in [9.17, 15) is 27.2 Å². The molecule has 31 heavy (non-hydrogen) atoms. The second kappa shape index (κ2) is 7.96. The Bertz CT molecular complexity index is 998. The highest BCUT2D eigenvalue weighted by atomic mass is 32.1. The van der Waals surface area contributed by atoms with Crippen LogP contribution in [-0.2, 0) is 4.74 Å². The molecule has 168 valence electrons. The maximum Gasteiger partial charge on any atom is 0.425 e. The van der Waals surface area contributed by atoms with E-state index < -0.39 is 23.9 Å². The fraction of sp³-hybridized carbons (Fsp3) is 0.524. The molecule has 1 unspecified atom stereocenters. The quantitative estimate of drug-likeness (QED) is 0.582. The lowest BCUT2D eigenvalue weighted by atomic mass is 9.85. The molecule has 1 spiro atoms. The van der Waals surface area contributed by atoms with E-state index in [-0.39, 0.29) is 24.8 Å². The average Bonchev–Trinajstić information content (AvgIpc) is 3.33. The number of carbonyl (C=O) groups excluding carboxylic acids is 2. The monoisotopic (exact) mass is 458 g/mol. The Balaban J connectivity index is 1.45. The molecule has 1 aromatic heterocycles. The molecule has 5 nitrogen and oxygen atoms in total. The number of hydrogen-bond acceptors (Lipinski definition) is 4. The van der Waals surface area contributed by atoms with E-state index in [0.29, 0.717) is 34.3 Å². The highest BCUT2D eigenvalue weighted by molar-refractivity contribution is 7.20. The molecule has 0 aliphatic carbocycles. The Morgan fingerprint density at radius 3 is 2.52 bits per heavy atom. The van der Waals surface area contributed by atoms with Crippen molar-refractivity contribution in [2.45, 2.75) is 50.4 Å². The number of hydrogen-bond donors (Lipinski definition) is 0. The molecule has 2 aliphatic rings. The Hall–Kier alpha value is -2.36. The number of fused-ring (bicyclic) bond motifs is 1. The van der Waals surface area contributed by atoms with Gasteiger partial charge in [0.15, 0.2) is 6.10 Å². The SMILES string of the molecule is CC(OC(=O)N1CCC2(CCCN2C(=O)c2cc3cccc(F)c3s2)CC1)C(F)(F)F.